The zero-order valence-electron chi connectivity index (χ0n) is 30.8. The number of furan rings is 1. The highest BCUT2D eigenvalue weighted by atomic mass is 16.3. The van der Waals surface area contributed by atoms with Gasteiger partial charge in [-0.15, -0.1) is 0 Å². The molecule has 8 rings (SSSR count). The third-order valence-corrected chi connectivity index (χ3v) is 12.6. The van der Waals surface area contributed by atoms with E-state index in [4.69, 9.17) is 4.42 Å². The van der Waals surface area contributed by atoms with E-state index in [2.05, 4.69) is 153 Å². The van der Waals surface area contributed by atoms with E-state index in [1.54, 1.807) is 0 Å². The maximum atomic E-state index is 6.84. The molecule has 0 spiro atoms. The largest absolute Gasteiger partial charge is 0.470 e. The van der Waals surface area contributed by atoms with Crippen LogP contribution in [0, 0.1) is 0 Å². The Bertz CT molecular complexity index is 2090. The fourth-order valence-electron chi connectivity index (χ4n) is 9.16. The lowest BCUT2D eigenvalue weighted by atomic mass is 9.36. The molecule has 3 aliphatic rings. The summed E-state index contributed by atoms with van der Waals surface area (Å²) in [6.07, 6.45) is 4.80. The number of benzene rings is 4. The van der Waals surface area contributed by atoms with Gasteiger partial charge in [0.1, 0.15) is 5.58 Å². The molecule has 48 heavy (non-hydrogen) atoms. The summed E-state index contributed by atoms with van der Waals surface area (Å²) < 4.78 is 6.84. The predicted octanol–water partition coefficient (Wildman–Crippen LogP) is 10.6. The van der Waals surface area contributed by atoms with Gasteiger partial charge in [-0.2, -0.15) is 0 Å². The molecule has 2 nitrogen and oxygen atoms in total. The van der Waals surface area contributed by atoms with Crippen molar-refractivity contribution in [1.29, 1.82) is 0 Å². The van der Waals surface area contributed by atoms with Gasteiger partial charge in [-0.3, -0.25) is 0 Å². The van der Waals surface area contributed by atoms with Crippen LogP contribution >= 0.6 is 0 Å². The highest BCUT2D eigenvalue weighted by molar-refractivity contribution is 6.97. The Kier molecular flexibility index (Phi) is 6.83. The van der Waals surface area contributed by atoms with Crippen molar-refractivity contribution in [3.8, 4) is 0 Å². The molecule has 1 aliphatic heterocycles. The second-order valence-electron chi connectivity index (χ2n) is 18.1. The Morgan fingerprint density at radius 3 is 1.85 bits per heavy atom. The second kappa shape index (κ2) is 10.4. The van der Waals surface area contributed by atoms with Crippen LogP contribution in [0.4, 0.5) is 17.1 Å². The molecule has 0 N–H and O–H groups in total. The van der Waals surface area contributed by atoms with Crippen molar-refractivity contribution in [3.05, 3.63) is 107 Å². The number of hydrogen-bond acceptors (Lipinski definition) is 2. The Morgan fingerprint density at radius 1 is 0.583 bits per heavy atom. The van der Waals surface area contributed by atoms with Crippen molar-refractivity contribution >= 4 is 51.3 Å². The van der Waals surface area contributed by atoms with Crippen molar-refractivity contribution in [2.45, 2.75) is 122 Å². The smallest absolute Gasteiger partial charge is 0.291 e. The average molecular weight is 634 g/mol. The van der Waals surface area contributed by atoms with Gasteiger partial charge in [-0.25, -0.2) is 0 Å². The summed E-state index contributed by atoms with van der Waals surface area (Å²) in [6.45, 7) is 24.0. The van der Waals surface area contributed by atoms with Gasteiger partial charge >= 0.3 is 0 Å². The number of fused-ring (bicyclic) bond motifs is 5. The van der Waals surface area contributed by atoms with Crippen LogP contribution in [0.5, 0.6) is 0 Å². The van der Waals surface area contributed by atoms with Gasteiger partial charge in [0.05, 0.1) is 5.66 Å². The number of para-hydroxylation sites is 1. The molecule has 3 heteroatoms. The van der Waals surface area contributed by atoms with Crippen LogP contribution in [0.1, 0.15) is 129 Å². The predicted molar refractivity (Wildman–Crippen MR) is 207 cm³/mol. The maximum Gasteiger partial charge on any atom is 0.291 e. The van der Waals surface area contributed by atoms with Crippen LogP contribution in [0.25, 0.3) is 11.0 Å². The van der Waals surface area contributed by atoms with E-state index in [1.165, 1.54) is 86.9 Å². The summed E-state index contributed by atoms with van der Waals surface area (Å²) in [4.78, 5) is 2.58. The Labute approximate surface area is 289 Å². The molecule has 0 amide bonds. The molecule has 0 saturated heterocycles. The fraction of sp³-hybridized carbons (Fsp3) is 0.422. The summed E-state index contributed by atoms with van der Waals surface area (Å²) in [5.74, 6) is 0.474. The van der Waals surface area contributed by atoms with Crippen molar-refractivity contribution in [3.63, 3.8) is 0 Å². The average Bonchev–Trinajstić information content (AvgIpc) is 3.46. The number of nitrogens with zero attached hydrogens (tertiary/aromatic N) is 1. The minimum atomic E-state index is 0.00138. The highest BCUT2D eigenvalue weighted by Gasteiger charge is 2.44. The third-order valence-electron chi connectivity index (χ3n) is 12.6. The van der Waals surface area contributed by atoms with E-state index in [9.17, 15) is 0 Å². The van der Waals surface area contributed by atoms with Crippen molar-refractivity contribution in [1.82, 2.24) is 0 Å². The first kappa shape index (κ1) is 31.5. The molecule has 4 aromatic carbocycles. The zero-order valence-corrected chi connectivity index (χ0v) is 30.8. The van der Waals surface area contributed by atoms with Gasteiger partial charge in [0.15, 0.2) is 0 Å². The van der Waals surface area contributed by atoms with E-state index in [0.717, 1.165) is 11.2 Å². The lowest BCUT2D eigenvalue weighted by molar-refractivity contribution is 0.332. The third kappa shape index (κ3) is 4.74. The van der Waals surface area contributed by atoms with Gasteiger partial charge in [0.2, 0.25) is 0 Å². The summed E-state index contributed by atoms with van der Waals surface area (Å²) >= 11 is 0. The van der Waals surface area contributed by atoms with Gasteiger partial charge in [-0.05, 0) is 134 Å². The first-order chi connectivity index (χ1) is 22.6. The van der Waals surface area contributed by atoms with Gasteiger partial charge in [0, 0.05) is 22.4 Å². The zero-order chi connectivity index (χ0) is 34.0. The van der Waals surface area contributed by atoms with E-state index in [1.807, 2.05) is 0 Å². The van der Waals surface area contributed by atoms with E-state index in [-0.39, 0.29) is 28.4 Å². The number of rotatable bonds is 3. The molecule has 1 aromatic heterocycles. The van der Waals surface area contributed by atoms with Crippen molar-refractivity contribution in [2.75, 3.05) is 4.90 Å². The summed E-state index contributed by atoms with van der Waals surface area (Å²) in [5.41, 5.74) is 16.3. The molecule has 0 fully saturated rings. The van der Waals surface area contributed by atoms with Crippen LogP contribution in [0.2, 0.25) is 0 Å². The number of anilines is 3. The monoisotopic (exact) mass is 633 g/mol. The minimum Gasteiger partial charge on any atom is -0.470 e. The molecule has 5 aromatic rings. The van der Waals surface area contributed by atoms with E-state index >= 15 is 0 Å². The van der Waals surface area contributed by atoms with Crippen LogP contribution < -0.4 is 21.5 Å². The fourth-order valence-corrected chi connectivity index (χ4v) is 9.16. The number of hydrogen-bond donors (Lipinski definition) is 0. The van der Waals surface area contributed by atoms with Crippen LogP contribution in [-0.4, -0.2) is 6.71 Å². The summed E-state index contributed by atoms with van der Waals surface area (Å²) in [5, 5.41) is 1.19. The van der Waals surface area contributed by atoms with Gasteiger partial charge < -0.3 is 9.32 Å². The van der Waals surface area contributed by atoms with Gasteiger partial charge in [-0.1, -0.05) is 106 Å². The summed E-state index contributed by atoms with van der Waals surface area (Å²) in [7, 11) is 0. The molecular formula is C45H52BNO. The second-order valence-corrected chi connectivity index (χ2v) is 18.1. The van der Waals surface area contributed by atoms with Gasteiger partial charge in [0.25, 0.3) is 6.71 Å². The Hall–Kier alpha value is -3.72. The minimum absolute atomic E-state index is 0.00138. The molecule has 246 valence electrons. The summed E-state index contributed by atoms with van der Waals surface area (Å²) in [6, 6.07) is 30.6. The lowest BCUT2D eigenvalue weighted by Crippen LogP contribution is -2.57. The normalized spacial score (nSPS) is 19.9. The molecule has 2 aliphatic carbocycles. The maximum absolute atomic E-state index is 6.84. The topological polar surface area (TPSA) is 16.4 Å². The van der Waals surface area contributed by atoms with Crippen LogP contribution in [0.15, 0.2) is 83.3 Å². The quantitative estimate of drug-likeness (QED) is 0.180. The molecule has 0 saturated carbocycles. The first-order valence-corrected chi connectivity index (χ1v) is 18.3. The SMILES string of the molecule is CC(C)c1ccc2oc(B3c4ccccc4N(c4ccc5c(c4)C(C)(C)CCC5(C)C)c4cc5c(cc43)C(C)(C)CCC5(C)C)cc2c1. The van der Waals surface area contributed by atoms with E-state index < -0.39 is 0 Å². The Morgan fingerprint density at radius 2 is 1.19 bits per heavy atom. The van der Waals surface area contributed by atoms with Crippen molar-refractivity contribution in [2.24, 2.45) is 0 Å². The van der Waals surface area contributed by atoms with E-state index in [0.29, 0.717) is 5.92 Å². The molecular weight excluding hydrogens is 581 g/mol. The molecule has 0 radical (unpaired) electrons. The standard InChI is InChI=1S/C45H52BNO/c1-28(2)29-15-18-40-30(23-29)24-41(48-40)46-36-13-11-12-14-38(36)47(31-16-17-32-33(25-31)43(5,6)20-19-42(32,3)4)39-27-35-34(26-37(39)46)44(7,8)21-22-45(35,9)10/h11-18,23-28H,19-22H2,1-10H3. The lowest BCUT2D eigenvalue weighted by Gasteiger charge is -2.45. The van der Waals surface area contributed by atoms with Crippen LogP contribution in [-0.2, 0) is 21.7 Å². The highest BCUT2D eigenvalue weighted by Crippen LogP contribution is 2.51. The van der Waals surface area contributed by atoms with Crippen LogP contribution in [0.3, 0.4) is 0 Å². The van der Waals surface area contributed by atoms with Crippen molar-refractivity contribution < 1.29 is 4.42 Å². The Balaban J connectivity index is 1.41. The molecule has 0 bridgehead atoms. The molecule has 0 unspecified atom stereocenters. The first-order valence-electron chi connectivity index (χ1n) is 18.3. The molecule has 2 heterocycles. The molecule has 0 atom stereocenters.